The molecule has 10 heteroatoms. The Kier molecular flexibility index (Phi) is 6.92. The number of anilines is 1. The number of amides is 1. The van der Waals surface area contributed by atoms with Crippen molar-refractivity contribution in [3.8, 4) is 11.5 Å². The number of pyridine rings is 1. The fourth-order valence-corrected chi connectivity index (χ4v) is 6.39. The molecule has 39 heavy (non-hydrogen) atoms. The van der Waals surface area contributed by atoms with Gasteiger partial charge in [0.05, 0.1) is 31.2 Å². The van der Waals surface area contributed by atoms with Crippen molar-refractivity contribution in [2.45, 2.75) is 29.8 Å². The highest BCUT2D eigenvalue weighted by molar-refractivity contribution is 7.90. The Bertz CT molecular complexity index is 1670. The van der Waals surface area contributed by atoms with E-state index in [2.05, 4.69) is 9.71 Å². The van der Waals surface area contributed by atoms with Gasteiger partial charge in [-0.3, -0.25) is 4.79 Å². The van der Waals surface area contributed by atoms with Gasteiger partial charge in [-0.2, -0.15) is 0 Å². The van der Waals surface area contributed by atoms with E-state index < -0.39 is 21.5 Å². The largest absolute Gasteiger partial charge is 0.496 e. The lowest BCUT2D eigenvalue weighted by Crippen LogP contribution is -2.46. The maximum atomic E-state index is 14.1. The van der Waals surface area contributed by atoms with Crippen LogP contribution in [-0.4, -0.2) is 40.1 Å². The molecule has 0 saturated carbocycles. The van der Waals surface area contributed by atoms with Crippen LogP contribution >= 0.6 is 0 Å². The van der Waals surface area contributed by atoms with Crippen LogP contribution in [0, 0.1) is 6.92 Å². The van der Waals surface area contributed by atoms with E-state index in [9.17, 15) is 13.2 Å². The van der Waals surface area contributed by atoms with E-state index in [1.54, 1.807) is 37.4 Å². The number of benzene rings is 3. The molecule has 1 saturated heterocycles. The van der Waals surface area contributed by atoms with Gasteiger partial charge in [0.25, 0.3) is 15.9 Å². The molecular formula is C29H29N3O6S. The van der Waals surface area contributed by atoms with Crippen LogP contribution in [-0.2, 0) is 25.2 Å². The molecule has 2 heterocycles. The maximum Gasteiger partial charge on any atom is 0.270 e. The highest BCUT2D eigenvalue weighted by Gasteiger charge is 2.52. The number of methoxy groups -OCH3 is 2. The van der Waals surface area contributed by atoms with Gasteiger partial charge in [0, 0.05) is 16.9 Å². The van der Waals surface area contributed by atoms with Gasteiger partial charge in [-0.1, -0.05) is 35.9 Å². The van der Waals surface area contributed by atoms with E-state index in [4.69, 9.17) is 19.9 Å². The molecule has 2 atom stereocenters. The Morgan fingerprint density at radius 3 is 2.56 bits per heavy atom. The Labute approximate surface area is 227 Å². The molecule has 0 aliphatic carbocycles. The van der Waals surface area contributed by atoms with Crippen LogP contribution in [0.5, 0.6) is 11.5 Å². The van der Waals surface area contributed by atoms with E-state index >= 15 is 0 Å². The van der Waals surface area contributed by atoms with Gasteiger partial charge in [-0.25, -0.2) is 18.1 Å². The molecule has 3 N–H and O–H groups in total. The van der Waals surface area contributed by atoms with Gasteiger partial charge in [0.1, 0.15) is 17.3 Å². The number of nitrogens with one attached hydrogen (secondary N) is 1. The van der Waals surface area contributed by atoms with E-state index in [-0.39, 0.29) is 29.7 Å². The average molecular weight is 548 g/mol. The number of nitrogens with zero attached hydrogens (tertiary/aromatic N) is 1. The summed E-state index contributed by atoms with van der Waals surface area (Å²) in [5.41, 5.74) is 6.70. The van der Waals surface area contributed by atoms with E-state index in [0.29, 0.717) is 28.0 Å². The number of nitrogens with two attached hydrogens (primary N) is 1. The van der Waals surface area contributed by atoms with Gasteiger partial charge >= 0.3 is 0 Å². The molecule has 1 aliphatic rings. The fraction of sp³-hybridized carbons (Fsp3) is 0.241. The van der Waals surface area contributed by atoms with E-state index in [1.165, 1.54) is 19.2 Å². The highest BCUT2D eigenvalue weighted by atomic mass is 32.2. The number of sulfonamides is 1. The van der Waals surface area contributed by atoms with Gasteiger partial charge in [-0.05, 0) is 61.4 Å². The minimum Gasteiger partial charge on any atom is -0.496 e. The monoisotopic (exact) mass is 547 g/mol. The van der Waals surface area contributed by atoms with Gasteiger partial charge in [-0.15, -0.1) is 0 Å². The molecule has 1 aliphatic heterocycles. The average Bonchev–Trinajstić information content (AvgIpc) is 3.39. The molecule has 0 radical (unpaired) electrons. The summed E-state index contributed by atoms with van der Waals surface area (Å²) in [4.78, 5) is 18.2. The first-order chi connectivity index (χ1) is 18.7. The predicted octanol–water partition coefficient (Wildman–Crippen LogP) is 4.05. The normalized spacial score (nSPS) is 19.1. The maximum absolute atomic E-state index is 14.1. The summed E-state index contributed by atoms with van der Waals surface area (Å²) in [6.07, 6.45) is 0.169. The summed E-state index contributed by atoms with van der Waals surface area (Å²) in [5, 5.41) is 0.341. The number of ether oxygens (including phenoxy) is 3. The first-order valence-electron chi connectivity index (χ1n) is 12.3. The molecule has 1 amide bonds. The molecule has 4 aromatic rings. The summed E-state index contributed by atoms with van der Waals surface area (Å²) < 4.78 is 47.0. The second-order valence-electron chi connectivity index (χ2n) is 9.48. The summed E-state index contributed by atoms with van der Waals surface area (Å²) in [5.74, 6) is 0.273. The van der Waals surface area contributed by atoms with Crippen LogP contribution in [0.1, 0.15) is 29.0 Å². The zero-order valence-corrected chi connectivity index (χ0v) is 22.6. The van der Waals surface area contributed by atoms with E-state index in [0.717, 1.165) is 11.1 Å². The minimum absolute atomic E-state index is 0.0912. The lowest BCUT2D eigenvalue weighted by atomic mass is 9.83. The SMILES string of the molecule is COc1ccccc1C1COC(C(=O)NS(=O)(=O)c2cccc3nc(N)ccc23)(c2cc(C)ccc2OC)C1. The molecule has 1 aromatic heterocycles. The standard InChI is InChI=1S/C29H29N3O6S/c1-18-11-13-25(37-3)22(15-18)29(16-19(17-38-29)20-7-4-5-9-24(20)36-2)28(33)32-39(34,35)26-10-6-8-23-21(26)12-14-27(30)31-23/h4-15,19H,16-17H2,1-3H3,(H2,30,31)(H,32,33). The van der Waals surface area contributed by atoms with Crippen molar-refractivity contribution in [1.82, 2.24) is 9.71 Å². The third kappa shape index (κ3) is 4.77. The number of carbonyl (C=O) groups is 1. The van der Waals surface area contributed by atoms with Crippen LogP contribution in [0.2, 0.25) is 0 Å². The number of fused-ring (bicyclic) bond motifs is 1. The Morgan fingerprint density at radius 1 is 1.03 bits per heavy atom. The number of aromatic nitrogens is 1. The van der Waals surface area contributed by atoms with Crippen molar-refractivity contribution in [3.63, 3.8) is 0 Å². The molecule has 3 aromatic carbocycles. The lowest BCUT2D eigenvalue weighted by molar-refractivity contribution is -0.140. The Balaban J connectivity index is 1.59. The van der Waals surface area contributed by atoms with Crippen molar-refractivity contribution >= 4 is 32.7 Å². The zero-order valence-electron chi connectivity index (χ0n) is 21.8. The molecule has 1 fully saturated rings. The number of para-hydroxylation sites is 1. The van der Waals surface area contributed by atoms with E-state index in [1.807, 2.05) is 37.3 Å². The van der Waals surface area contributed by atoms with Crippen molar-refractivity contribution < 1.29 is 27.4 Å². The van der Waals surface area contributed by atoms with Crippen LogP contribution in [0.4, 0.5) is 5.82 Å². The number of aryl methyl sites for hydroxylation is 1. The van der Waals surface area contributed by atoms with Gasteiger partial charge < -0.3 is 19.9 Å². The lowest BCUT2D eigenvalue weighted by Gasteiger charge is -2.29. The molecule has 9 nitrogen and oxygen atoms in total. The third-order valence-electron chi connectivity index (χ3n) is 7.03. The van der Waals surface area contributed by atoms with Crippen LogP contribution in [0.25, 0.3) is 10.9 Å². The minimum atomic E-state index is -4.33. The Morgan fingerprint density at radius 2 is 1.79 bits per heavy atom. The summed E-state index contributed by atoms with van der Waals surface area (Å²) >= 11 is 0. The van der Waals surface area contributed by atoms with Crippen molar-refractivity contribution in [1.29, 1.82) is 0 Å². The van der Waals surface area contributed by atoms with Gasteiger partial charge in [0.2, 0.25) is 0 Å². The number of rotatable bonds is 7. The van der Waals surface area contributed by atoms with Crippen LogP contribution < -0.4 is 19.9 Å². The van der Waals surface area contributed by atoms with Crippen molar-refractivity contribution in [3.05, 3.63) is 89.5 Å². The summed E-state index contributed by atoms with van der Waals surface area (Å²) in [6, 6.07) is 20.6. The number of nitrogen functional groups attached to an aromatic ring is 1. The third-order valence-corrected chi connectivity index (χ3v) is 8.42. The fourth-order valence-electron chi connectivity index (χ4n) is 5.15. The summed E-state index contributed by atoms with van der Waals surface area (Å²) in [7, 11) is -1.25. The molecule has 202 valence electrons. The number of hydrogen-bond donors (Lipinski definition) is 2. The quantitative estimate of drug-likeness (QED) is 0.355. The molecular weight excluding hydrogens is 518 g/mol. The first kappa shape index (κ1) is 26.5. The second-order valence-corrected chi connectivity index (χ2v) is 11.1. The predicted molar refractivity (Wildman–Crippen MR) is 147 cm³/mol. The Hall–Kier alpha value is -4.15. The summed E-state index contributed by atoms with van der Waals surface area (Å²) in [6.45, 7) is 2.05. The second kappa shape index (κ2) is 10.2. The van der Waals surface area contributed by atoms with Crippen molar-refractivity contribution in [2.24, 2.45) is 0 Å². The number of hydrogen-bond acceptors (Lipinski definition) is 8. The molecule has 0 spiro atoms. The topological polar surface area (TPSA) is 130 Å². The molecule has 2 unspecified atom stereocenters. The van der Waals surface area contributed by atoms with Crippen LogP contribution in [0.15, 0.2) is 77.7 Å². The number of carbonyl (C=O) groups excluding carboxylic acids is 1. The van der Waals surface area contributed by atoms with Crippen LogP contribution in [0.3, 0.4) is 0 Å². The smallest absolute Gasteiger partial charge is 0.270 e. The first-order valence-corrected chi connectivity index (χ1v) is 13.8. The molecule has 0 bridgehead atoms. The van der Waals surface area contributed by atoms with Gasteiger partial charge in [0.15, 0.2) is 5.60 Å². The highest BCUT2D eigenvalue weighted by Crippen LogP contribution is 2.48. The molecule has 5 rings (SSSR count). The zero-order chi connectivity index (χ0) is 27.8. The van der Waals surface area contributed by atoms with Crippen molar-refractivity contribution in [2.75, 3.05) is 26.6 Å².